The molecule has 1 aliphatic carbocycles. The molecule has 2 rings (SSSR count). The number of amides is 1. The lowest BCUT2D eigenvalue weighted by atomic mass is 10.2. The molecule has 3 atom stereocenters. The lowest BCUT2D eigenvalue weighted by Crippen LogP contribution is -2.38. The summed E-state index contributed by atoms with van der Waals surface area (Å²) in [7, 11) is 0. The first-order valence-electron chi connectivity index (χ1n) is 3.33. The van der Waals surface area contributed by atoms with Crippen LogP contribution in [0, 0.1) is 5.92 Å². The Labute approximate surface area is 53.6 Å². The van der Waals surface area contributed by atoms with E-state index in [0.29, 0.717) is 6.04 Å². The second-order valence-corrected chi connectivity index (χ2v) is 2.96. The van der Waals surface area contributed by atoms with Crippen LogP contribution >= 0.6 is 0 Å². The van der Waals surface area contributed by atoms with Crippen molar-refractivity contribution in [2.75, 3.05) is 0 Å². The molecule has 9 heavy (non-hydrogen) atoms. The molecule has 0 aromatic carbocycles. The number of nitrogens with one attached hydrogen (secondary N) is 1. The quantitative estimate of drug-likeness (QED) is 0.484. The van der Waals surface area contributed by atoms with Crippen molar-refractivity contribution in [2.45, 2.75) is 24.9 Å². The Morgan fingerprint density at radius 2 is 2.33 bits per heavy atom. The summed E-state index contributed by atoms with van der Waals surface area (Å²) in [5, 5.41) is 3.15. The monoisotopic (exact) mass is 126 g/mol. The summed E-state index contributed by atoms with van der Waals surface area (Å²) in [6.45, 7) is 0. The van der Waals surface area contributed by atoms with Crippen molar-refractivity contribution in [3.63, 3.8) is 0 Å². The van der Waals surface area contributed by atoms with E-state index in [4.69, 9.17) is 5.73 Å². The van der Waals surface area contributed by atoms with Crippen LogP contribution in [0.5, 0.6) is 0 Å². The van der Waals surface area contributed by atoms with Gasteiger partial charge in [0.1, 0.15) is 0 Å². The summed E-state index contributed by atoms with van der Waals surface area (Å²) in [6, 6.07) is 0.608. The van der Waals surface area contributed by atoms with Gasteiger partial charge in [0.2, 0.25) is 5.91 Å². The van der Waals surface area contributed by atoms with E-state index in [2.05, 4.69) is 5.32 Å². The van der Waals surface area contributed by atoms with Crippen LogP contribution in [0.25, 0.3) is 0 Å². The maximum Gasteiger partial charge on any atom is 0.234 e. The number of carbonyl (C=O) groups is 1. The first kappa shape index (κ1) is 5.23. The number of hydrogen-bond donors (Lipinski definition) is 2. The predicted molar refractivity (Wildman–Crippen MR) is 32.6 cm³/mol. The van der Waals surface area contributed by atoms with Crippen LogP contribution in [0.2, 0.25) is 0 Å². The molecule has 3 N–H and O–H groups in total. The van der Waals surface area contributed by atoms with Gasteiger partial charge in [0.15, 0.2) is 0 Å². The topological polar surface area (TPSA) is 55.1 Å². The minimum atomic E-state index is -0.192. The summed E-state index contributed by atoms with van der Waals surface area (Å²) >= 11 is 0. The first-order valence-corrected chi connectivity index (χ1v) is 3.33. The van der Waals surface area contributed by atoms with Gasteiger partial charge >= 0.3 is 0 Å². The SMILES string of the molecule is NC(=O)C1C[C@@H]2C[C@@H]2N1. The summed E-state index contributed by atoms with van der Waals surface area (Å²) < 4.78 is 0. The van der Waals surface area contributed by atoms with E-state index >= 15 is 0 Å². The van der Waals surface area contributed by atoms with E-state index in [-0.39, 0.29) is 11.9 Å². The van der Waals surface area contributed by atoms with Gasteiger partial charge in [0.05, 0.1) is 6.04 Å². The molecule has 1 unspecified atom stereocenters. The van der Waals surface area contributed by atoms with Crippen molar-refractivity contribution in [3.05, 3.63) is 0 Å². The fraction of sp³-hybridized carbons (Fsp3) is 0.833. The van der Waals surface area contributed by atoms with E-state index in [9.17, 15) is 4.79 Å². The van der Waals surface area contributed by atoms with Crippen molar-refractivity contribution in [3.8, 4) is 0 Å². The minimum Gasteiger partial charge on any atom is -0.368 e. The molecule has 1 aliphatic heterocycles. The lowest BCUT2D eigenvalue weighted by molar-refractivity contribution is -0.119. The van der Waals surface area contributed by atoms with Crippen molar-refractivity contribution < 1.29 is 4.79 Å². The number of rotatable bonds is 1. The Hall–Kier alpha value is -0.570. The summed E-state index contributed by atoms with van der Waals surface area (Å²) in [5.41, 5.74) is 5.08. The Morgan fingerprint density at radius 1 is 1.56 bits per heavy atom. The third kappa shape index (κ3) is 0.721. The van der Waals surface area contributed by atoms with Gasteiger partial charge in [-0.3, -0.25) is 4.79 Å². The third-order valence-electron chi connectivity index (χ3n) is 2.22. The molecule has 1 amide bonds. The third-order valence-corrected chi connectivity index (χ3v) is 2.22. The average Bonchev–Trinajstić information content (AvgIpc) is 2.40. The van der Waals surface area contributed by atoms with Gasteiger partial charge in [-0.1, -0.05) is 0 Å². The molecule has 0 aromatic heterocycles. The molecule has 2 fully saturated rings. The molecule has 2 aliphatic rings. The highest BCUT2D eigenvalue weighted by Crippen LogP contribution is 2.40. The largest absolute Gasteiger partial charge is 0.368 e. The fourth-order valence-corrected chi connectivity index (χ4v) is 1.54. The average molecular weight is 126 g/mol. The van der Waals surface area contributed by atoms with Crippen molar-refractivity contribution >= 4 is 5.91 Å². The Morgan fingerprint density at radius 3 is 2.67 bits per heavy atom. The molecule has 0 aromatic rings. The number of carbonyl (C=O) groups excluding carboxylic acids is 1. The van der Waals surface area contributed by atoms with Gasteiger partial charge in [-0.2, -0.15) is 0 Å². The maximum atomic E-state index is 10.5. The zero-order valence-electron chi connectivity index (χ0n) is 5.13. The smallest absolute Gasteiger partial charge is 0.234 e. The van der Waals surface area contributed by atoms with Crippen LogP contribution < -0.4 is 11.1 Å². The zero-order valence-corrected chi connectivity index (χ0v) is 5.13. The second kappa shape index (κ2) is 1.48. The van der Waals surface area contributed by atoms with Crippen LogP contribution in [-0.4, -0.2) is 18.0 Å². The van der Waals surface area contributed by atoms with Crippen LogP contribution in [0.3, 0.4) is 0 Å². The summed E-state index contributed by atoms with van der Waals surface area (Å²) in [6.07, 6.45) is 2.23. The number of hydrogen-bond acceptors (Lipinski definition) is 2. The fourth-order valence-electron chi connectivity index (χ4n) is 1.54. The van der Waals surface area contributed by atoms with Crippen LogP contribution in [0.1, 0.15) is 12.8 Å². The molecule has 1 saturated carbocycles. The van der Waals surface area contributed by atoms with E-state index in [1.165, 1.54) is 6.42 Å². The molecule has 0 radical (unpaired) electrons. The Kier molecular flexibility index (Phi) is 0.858. The number of nitrogens with two attached hydrogens (primary N) is 1. The molecule has 0 bridgehead atoms. The van der Waals surface area contributed by atoms with E-state index in [0.717, 1.165) is 12.3 Å². The highest BCUT2D eigenvalue weighted by Gasteiger charge is 2.47. The van der Waals surface area contributed by atoms with Crippen LogP contribution in [-0.2, 0) is 4.79 Å². The lowest BCUT2D eigenvalue weighted by Gasteiger charge is -2.06. The predicted octanol–water partition coefficient (Wildman–Crippen LogP) is -0.778. The Balaban J connectivity index is 1.97. The molecular weight excluding hydrogens is 116 g/mol. The van der Waals surface area contributed by atoms with Gasteiger partial charge in [-0.15, -0.1) is 0 Å². The van der Waals surface area contributed by atoms with E-state index in [1.54, 1.807) is 0 Å². The van der Waals surface area contributed by atoms with E-state index in [1.807, 2.05) is 0 Å². The van der Waals surface area contributed by atoms with Crippen molar-refractivity contribution in [1.82, 2.24) is 5.32 Å². The van der Waals surface area contributed by atoms with Crippen LogP contribution in [0.4, 0.5) is 0 Å². The first-order chi connectivity index (χ1) is 4.27. The summed E-state index contributed by atoms with van der Waals surface area (Å²) in [5.74, 6) is 0.574. The molecular formula is C6H10N2O. The molecule has 3 nitrogen and oxygen atoms in total. The Bertz CT molecular complexity index is 147. The molecule has 50 valence electrons. The van der Waals surface area contributed by atoms with Gasteiger partial charge < -0.3 is 11.1 Å². The number of fused-ring (bicyclic) bond motifs is 1. The second-order valence-electron chi connectivity index (χ2n) is 2.96. The molecule has 1 heterocycles. The van der Waals surface area contributed by atoms with Crippen molar-refractivity contribution in [1.29, 1.82) is 0 Å². The standard InChI is InChI=1S/C6H10N2O/c7-6(9)5-2-3-1-4(3)8-5/h3-5,8H,1-2H2,(H2,7,9)/t3-,4-,5?/m0/s1. The molecule has 1 saturated heterocycles. The zero-order chi connectivity index (χ0) is 6.43. The van der Waals surface area contributed by atoms with Gasteiger partial charge in [-0.25, -0.2) is 0 Å². The highest BCUT2D eigenvalue weighted by molar-refractivity contribution is 5.80. The van der Waals surface area contributed by atoms with Gasteiger partial charge in [0.25, 0.3) is 0 Å². The molecule has 0 spiro atoms. The number of piperidine rings is 1. The van der Waals surface area contributed by atoms with Gasteiger partial charge in [-0.05, 0) is 18.8 Å². The maximum absolute atomic E-state index is 10.5. The van der Waals surface area contributed by atoms with E-state index < -0.39 is 0 Å². The highest BCUT2D eigenvalue weighted by atomic mass is 16.1. The summed E-state index contributed by atoms with van der Waals surface area (Å²) in [4.78, 5) is 10.5. The van der Waals surface area contributed by atoms with Crippen molar-refractivity contribution in [2.24, 2.45) is 11.7 Å². The van der Waals surface area contributed by atoms with Gasteiger partial charge in [0, 0.05) is 6.04 Å². The minimum absolute atomic E-state index is 0.0197. The molecule has 3 heteroatoms. The van der Waals surface area contributed by atoms with Crippen LogP contribution in [0.15, 0.2) is 0 Å². The number of primary amides is 1. The normalized spacial score (nSPS) is 46.4.